The molecule has 3 saturated heterocycles. The SMILES string of the molecule is CC[C@H]1OC(=O)[C@H](C)C(=O)C[C@@H](O[C@@H]2O[C@H](C)CC(N(C)C)C2O)[C@](C)(OC)C[C@@H](C)CN(C(C)=O)[C@H](C)[C@H]2N(CCCCn3cc(-c4cccnn4)nn3)C(=O)O[C@]12C. The first-order chi connectivity index (χ1) is 28.3. The largest absolute Gasteiger partial charge is 0.458 e. The van der Waals surface area contributed by atoms with Crippen molar-refractivity contribution < 1.29 is 48.0 Å². The Morgan fingerprint density at radius 2 is 1.78 bits per heavy atom. The summed E-state index contributed by atoms with van der Waals surface area (Å²) in [6.45, 7) is 15.2. The van der Waals surface area contributed by atoms with Crippen molar-refractivity contribution in [3.8, 4) is 11.4 Å². The van der Waals surface area contributed by atoms with Gasteiger partial charge in [0.25, 0.3) is 0 Å². The van der Waals surface area contributed by atoms with Crippen LogP contribution < -0.4 is 0 Å². The van der Waals surface area contributed by atoms with Crippen molar-refractivity contribution in [3.63, 3.8) is 0 Å². The van der Waals surface area contributed by atoms with E-state index in [4.69, 9.17) is 23.7 Å². The van der Waals surface area contributed by atoms with Crippen LogP contribution in [0, 0.1) is 11.8 Å². The van der Waals surface area contributed by atoms with Gasteiger partial charge in [-0.3, -0.25) is 24.0 Å². The highest BCUT2D eigenvalue weighted by Gasteiger charge is 2.59. The van der Waals surface area contributed by atoms with E-state index in [0.717, 1.165) is 0 Å². The van der Waals surface area contributed by atoms with Crippen molar-refractivity contribution in [1.29, 1.82) is 0 Å². The molecule has 12 atom stereocenters. The molecule has 0 radical (unpaired) electrons. The maximum absolute atomic E-state index is 14.1. The van der Waals surface area contributed by atoms with E-state index in [1.54, 1.807) is 45.9 Å². The summed E-state index contributed by atoms with van der Waals surface area (Å²) in [5, 5.41) is 27.9. The number of cyclic esters (lactones) is 1. The average Bonchev–Trinajstić information content (AvgIpc) is 3.78. The van der Waals surface area contributed by atoms with Crippen molar-refractivity contribution >= 4 is 23.8 Å². The number of aromatic nitrogens is 5. The summed E-state index contributed by atoms with van der Waals surface area (Å²) >= 11 is 0. The number of nitrogens with zero attached hydrogens (tertiary/aromatic N) is 8. The first-order valence-corrected chi connectivity index (χ1v) is 21.2. The monoisotopic (exact) mass is 842 g/mol. The normalized spacial score (nSPS) is 34.8. The average molecular weight is 843 g/mol. The number of Topliss-reactive ketones (excluding diaryl/α,β-unsaturated/α-hetero) is 1. The molecule has 3 aliphatic rings. The molecule has 18 heteroatoms. The van der Waals surface area contributed by atoms with Gasteiger partial charge in [-0.15, -0.1) is 10.2 Å². The van der Waals surface area contributed by atoms with Gasteiger partial charge in [-0.25, -0.2) is 4.79 Å². The molecule has 3 fully saturated rings. The molecule has 18 nitrogen and oxygen atoms in total. The fourth-order valence-corrected chi connectivity index (χ4v) is 9.23. The standard InChI is InChI=1S/C42H66N8O10/c1-12-34-42(8)37(49(40(55)60-42)19-14-13-18-48-24-31(45-46-48)30-16-15-17-43-44-30)28(5)50(29(6)51)23-25(2)22-41(7,56-11)35(21-33(52)27(4)38(54)58-34)59-39-36(53)32(47(9)10)20-26(3)57-39/h15-17,24-28,32,34-37,39,53H,12-14,18-23H2,1-11H3/t25-,26-,27-,28-,32?,34-,35-,36?,37-,39+,41-,42-/m1/s1. The second kappa shape index (κ2) is 19.7. The van der Waals surface area contributed by atoms with E-state index >= 15 is 0 Å². The number of fused-ring (bicyclic) bond motifs is 1. The highest BCUT2D eigenvalue weighted by molar-refractivity contribution is 5.99. The van der Waals surface area contributed by atoms with Crippen LogP contribution in [0.5, 0.6) is 0 Å². The van der Waals surface area contributed by atoms with Crippen LogP contribution in [0.15, 0.2) is 24.5 Å². The van der Waals surface area contributed by atoms with E-state index in [9.17, 15) is 24.3 Å². The van der Waals surface area contributed by atoms with Crippen LogP contribution in [0.2, 0.25) is 0 Å². The van der Waals surface area contributed by atoms with E-state index in [0.29, 0.717) is 50.2 Å². The minimum Gasteiger partial charge on any atom is -0.458 e. The molecule has 2 unspecified atom stereocenters. The Labute approximate surface area is 353 Å². The minimum absolute atomic E-state index is 0.214. The number of likely N-dealkylation sites (N-methyl/N-ethyl adjacent to an activating group) is 1. The van der Waals surface area contributed by atoms with Gasteiger partial charge in [-0.1, -0.05) is 19.1 Å². The molecule has 0 bridgehead atoms. The number of carbonyl (C=O) groups excluding carboxylic acids is 4. The predicted octanol–water partition coefficient (Wildman–Crippen LogP) is 3.51. The van der Waals surface area contributed by atoms with Gasteiger partial charge in [0, 0.05) is 52.3 Å². The number of methoxy groups -OCH3 is 1. The minimum atomic E-state index is -1.39. The van der Waals surface area contributed by atoms with Crippen LogP contribution in [-0.2, 0) is 44.6 Å². The maximum atomic E-state index is 14.1. The molecular weight excluding hydrogens is 777 g/mol. The zero-order chi connectivity index (χ0) is 44.1. The number of aryl methyl sites for hydroxylation is 1. The molecule has 3 aliphatic heterocycles. The Morgan fingerprint density at radius 1 is 1.07 bits per heavy atom. The molecule has 1 N–H and O–H groups in total. The van der Waals surface area contributed by atoms with Crippen molar-refractivity contribution in [1.82, 2.24) is 39.9 Å². The Balaban J connectivity index is 1.43. The molecule has 0 aromatic carbocycles. The number of carbonyl (C=O) groups is 4. The summed E-state index contributed by atoms with van der Waals surface area (Å²) in [4.78, 5) is 61.0. The van der Waals surface area contributed by atoms with Gasteiger partial charge in [0.2, 0.25) is 5.91 Å². The fourth-order valence-electron chi connectivity index (χ4n) is 9.23. The molecule has 5 rings (SSSR count). The number of aliphatic hydroxyl groups is 1. The summed E-state index contributed by atoms with van der Waals surface area (Å²) in [7, 11) is 5.29. The van der Waals surface area contributed by atoms with Crippen molar-refractivity contribution in [2.45, 2.75) is 160 Å². The number of aliphatic hydroxyl groups excluding tert-OH is 1. The van der Waals surface area contributed by atoms with E-state index in [1.807, 2.05) is 53.6 Å². The molecule has 334 valence electrons. The Kier molecular flexibility index (Phi) is 15.4. The van der Waals surface area contributed by atoms with Gasteiger partial charge in [0.05, 0.1) is 36.1 Å². The maximum Gasteiger partial charge on any atom is 0.410 e. The lowest BCUT2D eigenvalue weighted by molar-refractivity contribution is -0.289. The second-order valence-electron chi connectivity index (χ2n) is 17.5. The molecule has 0 spiro atoms. The fraction of sp³-hybridized carbons (Fsp3) is 0.762. The van der Waals surface area contributed by atoms with Crippen LogP contribution >= 0.6 is 0 Å². The van der Waals surface area contributed by atoms with E-state index in [2.05, 4.69) is 20.5 Å². The number of hydrogen-bond acceptors (Lipinski definition) is 15. The summed E-state index contributed by atoms with van der Waals surface area (Å²) in [5.74, 6) is -2.87. The van der Waals surface area contributed by atoms with Crippen molar-refractivity contribution in [2.24, 2.45) is 11.8 Å². The Hall–Kier alpha value is -4.10. The number of esters is 1. The number of unbranched alkanes of at least 4 members (excludes halogenated alkanes) is 1. The summed E-state index contributed by atoms with van der Waals surface area (Å²) in [5.41, 5.74) is -1.32. The van der Waals surface area contributed by atoms with E-state index in [1.165, 1.54) is 21.0 Å². The summed E-state index contributed by atoms with van der Waals surface area (Å²) < 4.78 is 33.0. The van der Waals surface area contributed by atoms with Crippen molar-refractivity contribution in [3.05, 3.63) is 24.5 Å². The summed E-state index contributed by atoms with van der Waals surface area (Å²) in [6, 6.07) is 1.99. The number of amides is 2. The number of rotatable bonds is 11. The highest BCUT2D eigenvalue weighted by Crippen LogP contribution is 2.41. The predicted molar refractivity (Wildman–Crippen MR) is 218 cm³/mol. The molecule has 5 heterocycles. The van der Waals surface area contributed by atoms with E-state index < -0.39 is 71.7 Å². The molecule has 60 heavy (non-hydrogen) atoms. The van der Waals surface area contributed by atoms with E-state index in [-0.39, 0.29) is 43.4 Å². The van der Waals surface area contributed by atoms with Gasteiger partial charge in [-0.05, 0) is 98.9 Å². The quantitative estimate of drug-likeness (QED) is 0.196. The zero-order valence-corrected chi connectivity index (χ0v) is 37.1. The number of hydrogen-bond donors (Lipinski definition) is 1. The number of ketones is 1. The third-order valence-corrected chi connectivity index (χ3v) is 12.7. The molecule has 0 aliphatic carbocycles. The Bertz CT molecular complexity index is 1780. The first kappa shape index (κ1) is 47.0. The van der Waals surface area contributed by atoms with Crippen LogP contribution in [0.25, 0.3) is 11.4 Å². The summed E-state index contributed by atoms with van der Waals surface area (Å²) in [6.07, 6.45) is 0.659. The molecule has 0 saturated carbocycles. The van der Waals surface area contributed by atoms with Gasteiger partial charge in [0.1, 0.15) is 35.3 Å². The van der Waals surface area contributed by atoms with Gasteiger partial charge >= 0.3 is 12.1 Å². The second-order valence-corrected chi connectivity index (χ2v) is 17.5. The molecule has 2 aromatic rings. The third-order valence-electron chi connectivity index (χ3n) is 12.7. The van der Waals surface area contributed by atoms with Gasteiger partial charge in [-0.2, -0.15) is 5.10 Å². The smallest absolute Gasteiger partial charge is 0.410 e. The van der Waals surface area contributed by atoms with Gasteiger partial charge < -0.3 is 38.6 Å². The lowest BCUT2D eigenvalue weighted by Gasteiger charge is -2.46. The van der Waals surface area contributed by atoms with Gasteiger partial charge in [0.15, 0.2) is 11.9 Å². The highest BCUT2D eigenvalue weighted by atomic mass is 16.7. The molecule has 2 amide bonds. The van der Waals surface area contributed by atoms with Crippen molar-refractivity contribution in [2.75, 3.05) is 34.3 Å². The molecule has 2 aromatic heterocycles. The molecular formula is C42H66N8O10. The third kappa shape index (κ3) is 10.3. The lowest BCUT2D eigenvalue weighted by Crippen LogP contribution is -2.62. The van der Waals surface area contributed by atoms with Crippen LogP contribution in [0.1, 0.15) is 93.9 Å². The first-order valence-electron chi connectivity index (χ1n) is 21.2. The Morgan fingerprint density at radius 3 is 2.42 bits per heavy atom. The van der Waals surface area contributed by atoms with Crippen LogP contribution in [0.3, 0.4) is 0 Å². The number of ether oxygens (including phenoxy) is 5. The van der Waals surface area contributed by atoms with Crippen LogP contribution in [0.4, 0.5) is 4.79 Å². The van der Waals surface area contributed by atoms with Crippen LogP contribution in [-0.4, -0.2) is 163 Å². The topological polar surface area (TPSA) is 201 Å². The lowest BCUT2D eigenvalue weighted by atomic mass is 9.82. The zero-order valence-electron chi connectivity index (χ0n) is 37.1.